The zero-order valence-electron chi connectivity index (χ0n) is 13.6. The normalized spacial score (nSPS) is 20.7. The van der Waals surface area contributed by atoms with E-state index in [9.17, 15) is 13.2 Å². The van der Waals surface area contributed by atoms with Crippen molar-refractivity contribution in [3.8, 4) is 0 Å². The smallest absolute Gasteiger partial charge is 0.255 e. The Kier molecular flexibility index (Phi) is 4.40. The molecule has 1 amide bonds. The Morgan fingerprint density at radius 1 is 1.42 bits per heavy atom. The van der Waals surface area contributed by atoms with Crippen LogP contribution in [-0.2, 0) is 9.84 Å². The van der Waals surface area contributed by atoms with E-state index in [2.05, 4.69) is 15.4 Å². The van der Waals surface area contributed by atoms with E-state index in [4.69, 9.17) is 0 Å². The first kappa shape index (κ1) is 16.6. The van der Waals surface area contributed by atoms with Gasteiger partial charge < -0.3 is 5.32 Å². The van der Waals surface area contributed by atoms with E-state index >= 15 is 0 Å². The van der Waals surface area contributed by atoms with Gasteiger partial charge in [-0.3, -0.25) is 14.5 Å². The molecule has 128 valence electrons. The van der Waals surface area contributed by atoms with Crippen LogP contribution in [0.4, 0.5) is 0 Å². The van der Waals surface area contributed by atoms with Gasteiger partial charge in [-0.2, -0.15) is 5.10 Å². The number of sulfone groups is 1. The maximum Gasteiger partial charge on any atom is 0.255 e. The quantitative estimate of drug-likeness (QED) is 0.902. The van der Waals surface area contributed by atoms with E-state index in [1.807, 2.05) is 19.1 Å². The van der Waals surface area contributed by atoms with Crippen LogP contribution in [0.1, 0.15) is 47.0 Å². The van der Waals surface area contributed by atoms with Crippen LogP contribution in [0.15, 0.2) is 30.7 Å². The highest BCUT2D eigenvalue weighted by atomic mass is 32.2. The number of carbonyl (C=O) groups excluding carboxylic acids is 1. The minimum absolute atomic E-state index is 0.0860. The Hall–Kier alpha value is -2.22. The summed E-state index contributed by atoms with van der Waals surface area (Å²) < 4.78 is 24.9. The molecule has 3 rings (SSSR count). The number of amides is 1. The average Bonchev–Trinajstić information content (AvgIpc) is 3.10. The molecule has 1 aliphatic heterocycles. The molecule has 1 saturated heterocycles. The Labute approximate surface area is 141 Å². The highest BCUT2D eigenvalue weighted by Gasteiger charge is 2.31. The van der Waals surface area contributed by atoms with Crippen molar-refractivity contribution in [3.05, 3.63) is 47.5 Å². The summed E-state index contributed by atoms with van der Waals surface area (Å²) in [5.74, 6) is 0.0371. The fourth-order valence-corrected chi connectivity index (χ4v) is 4.66. The molecule has 2 aromatic heterocycles. The predicted molar refractivity (Wildman–Crippen MR) is 89.4 cm³/mol. The maximum absolute atomic E-state index is 12.5. The zero-order chi connectivity index (χ0) is 17.3. The summed E-state index contributed by atoms with van der Waals surface area (Å²) in [4.78, 5) is 16.6. The number of nitrogens with one attached hydrogen (secondary N) is 1. The number of carbonyl (C=O) groups is 1. The van der Waals surface area contributed by atoms with Crippen molar-refractivity contribution >= 4 is 15.7 Å². The second kappa shape index (κ2) is 6.35. The van der Waals surface area contributed by atoms with Gasteiger partial charge in [-0.15, -0.1) is 0 Å². The Morgan fingerprint density at radius 2 is 2.21 bits per heavy atom. The van der Waals surface area contributed by atoms with Crippen molar-refractivity contribution in [3.63, 3.8) is 0 Å². The van der Waals surface area contributed by atoms with Gasteiger partial charge in [0, 0.05) is 18.1 Å². The first-order chi connectivity index (χ1) is 11.4. The summed E-state index contributed by atoms with van der Waals surface area (Å²) >= 11 is 0. The van der Waals surface area contributed by atoms with Crippen molar-refractivity contribution in [2.24, 2.45) is 0 Å². The average molecular weight is 348 g/mol. The second-order valence-corrected chi connectivity index (χ2v) is 8.36. The molecular weight excluding hydrogens is 328 g/mol. The van der Waals surface area contributed by atoms with Gasteiger partial charge in [0.05, 0.1) is 35.3 Å². The summed E-state index contributed by atoms with van der Waals surface area (Å²) in [7, 11) is -2.99. The van der Waals surface area contributed by atoms with Crippen LogP contribution in [0.3, 0.4) is 0 Å². The first-order valence-corrected chi connectivity index (χ1v) is 9.65. The molecule has 0 aromatic carbocycles. The van der Waals surface area contributed by atoms with Gasteiger partial charge in [-0.1, -0.05) is 6.07 Å². The van der Waals surface area contributed by atoms with Gasteiger partial charge in [0.2, 0.25) is 0 Å². The molecule has 3 heterocycles. The zero-order valence-corrected chi connectivity index (χ0v) is 14.5. The summed E-state index contributed by atoms with van der Waals surface area (Å²) in [6, 6.07) is 3.35. The summed E-state index contributed by atoms with van der Waals surface area (Å²) in [5.41, 5.74) is 2.07. The fourth-order valence-electron chi connectivity index (χ4n) is 2.97. The molecule has 0 saturated carbocycles. The van der Waals surface area contributed by atoms with Crippen molar-refractivity contribution < 1.29 is 13.2 Å². The fraction of sp³-hybridized carbons (Fsp3) is 0.438. The lowest BCUT2D eigenvalue weighted by Gasteiger charge is -2.14. The van der Waals surface area contributed by atoms with Crippen LogP contribution in [0.25, 0.3) is 0 Å². The lowest BCUT2D eigenvalue weighted by Crippen LogP contribution is -2.27. The van der Waals surface area contributed by atoms with Crippen molar-refractivity contribution in [2.45, 2.75) is 32.4 Å². The molecule has 1 N–H and O–H groups in total. The number of nitrogens with zero attached hydrogens (tertiary/aromatic N) is 3. The van der Waals surface area contributed by atoms with E-state index in [1.54, 1.807) is 24.0 Å². The maximum atomic E-state index is 12.5. The Bertz CT molecular complexity index is 845. The number of pyridine rings is 1. The van der Waals surface area contributed by atoms with Gasteiger partial charge in [0.1, 0.15) is 0 Å². The highest BCUT2D eigenvalue weighted by molar-refractivity contribution is 7.91. The topological polar surface area (TPSA) is 93.9 Å². The van der Waals surface area contributed by atoms with E-state index in [0.29, 0.717) is 17.7 Å². The minimum atomic E-state index is -2.99. The lowest BCUT2D eigenvalue weighted by molar-refractivity contribution is 0.0939. The van der Waals surface area contributed by atoms with Crippen LogP contribution >= 0.6 is 0 Å². The van der Waals surface area contributed by atoms with Crippen molar-refractivity contribution in [1.29, 1.82) is 0 Å². The number of rotatable bonds is 4. The monoisotopic (exact) mass is 348 g/mol. The molecule has 1 aliphatic rings. The van der Waals surface area contributed by atoms with Crippen molar-refractivity contribution in [1.82, 2.24) is 20.1 Å². The molecule has 0 unspecified atom stereocenters. The predicted octanol–water partition coefficient (Wildman–Crippen LogP) is 1.44. The van der Waals surface area contributed by atoms with Crippen LogP contribution in [-0.4, -0.2) is 40.6 Å². The molecule has 1 fully saturated rings. The van der Waals surface area contributed by atoms with Gasteiger partial charge in [-0.25, -0.2) is 8.42 Å². The van der Waals surface area contributed by atoms with E-state index < -0.39 is 9.84 Å². The molecule has 8 heteroatoms. The SMILES string of the molecule is Cc1c(C(=O)N[C@@H](C)c2cccnc2)cnn1[C@@H]1CCS(=O)(=O)C1. The molecule has 0 bridgehead atoms. The van der Waals surface area contributed by atoms with Gasteiger partial charge in [0.15, 0.2) is 9.84 Å². The molecular formula is C16H20N4O3S. The van der Waals surface area contributed by atoms with Crippen LogP contribution in [0.5, 0.6) is 0 Å². The van der Waals surface area contributed by atoms with Gasteiger partial charge in [-0.05, 0) is 31.9 Å². The molecule has 0 aliphatic carbocycles. The summed E-state index contributed by atoms with van der Waals surface area (Å²) in [6.45, 7) is 3.68. The van der Waals surface area contributed by atoms with Crippen LogP contribution in [0.2, 0.25) is 0 Å². The molecule has 0 spiro atoms. The molecule has 2 aromatic rings. The van der Waals surface area contributed by atoms with Crippen LogP contribution in [0, 0.1) is 6.92 Å². The minimum Gasteiger partial charge on any atom is -0.345 e. The third-order valence-electron chi connectivity index (χ3n) is 4.38. The largest absolute Gasteiger partial charge is 0.345 e. The van der Waals surface area contributed by atoms with E-state index in [1.165, 1.54) is 6.20 Å². The van der Waals surface area contributed by atoms with E-state index in [0.717, 1.165) is 5.56 Å². The molecule has 7 nitrogen and oxygen atoms in total. The molecule has 2 atom stereocenters. The first-order valence-electron chi connectivity index (χ1n) is 7.83. The van der Waals surface area contributed by atoms with Gasteiger partial charge in [0.25, 0.3) is 5.91 Å². The standard InChI is InChI=1S/C16H20N4O3S/c1-11(13-4-3-6-17-8-13)19-16(21)15-9-18-20(12(15)2)14-5-7-24(22,23)10-14/h3-4,6,8-9,11,14H,5,7,10H2,1-2H3,(H,19,21)/t11-,14+/m0/s1. The molecule has 0 radical (unpaired) electrons. The third-order valence-corrected chi connectivity index (χ3v) is 6.13. The Morgan fingerprint density at radius 3 is 2.83 bits per heavy atom. The van der Waals surface area contributed by atoms with Crippen molar-refractivity contribution in [2.75, 3.05) is 11.5 Å². The molecule has 24 heavy (non-hydrogen) atoms. The summed E-state index contributed by atoms with van der Waals surface area (Å²) in [5, 5.41) is 7.17. The number of hydrogen-bond donors (Lipinski definition) is 1. The Balaban J connectivity index is 1.75. The van der Waals surface area contributed by atoms with E-state index in [-0.39, 0.29) is 29.5 Å². The third kappa shape index (κ3) is 3.33. The lowest BCUT2D eigenvalue weighted by atomic mass is 10.1. The highest BCUT2D eigenvalue weighted by Crippen LogP contribution is 2.25. The second-order valence-electron chi connectivity index (χ2n) is 6.13. The number of hydrogen-bond acceptors (Lipinski definition) is 5. The summed E-state index contributed by atoms with van der Waals surface area (Å²) in [6.07, 6.45) is 5.44. The number of aromatic nitrogens is 3. The van der Waals surface area contributed by atoms with Gasteiger partial charge >= 0.3 is 0 Å². The van der Waals surface area contributed by atoms with Crippen LogP contribution < -0.4 is 5.32 Å².